The molecule has 0 unspecified atom stereocenters. The third-order valence-corrected chi connectivity index (χ3v) is 3.52. The van der Waals surface area contributed by atoms with Gasteiger partial charge >= 0.3 is 0 Å². The summed E-state index contributed by atoms with van der Waals surface area (Å²) in [5.41, 5.74) is 1.17. The minimum absolute atomic E-state index is 0.238. The van der Waals surface area contributed by atoms with Crippen LogP contribution < -0.4 is 20.9 Å². The topological polar surface area (TPSA) is 47.0 Å². The maximum absolute atomic E-state index is 13.0. The van der Waals surface area contributed by atoms with Crippen LogP contribution in [-0.2, 0) is 0 Å². The van der Waals surface area contributed by atoms with Crippen LogP contribution in [0.3, 0.4) is 0 Å². The summed E-state index contributed by atoms with van der Waals surface area (Å²) in [6, 6.07) is 13.0. The van der Waals surface area contributed by atoms with Gasteiger partial charge in [-0.25, -0.2) is 9.07 Å². The summed E-state index contributed by atoms with van der Waals surface area (Å²) in [6.45, 7) is 3.87. The Hall–Kier alpha value is -3.08. The smallest absolute Gasteiger partial charge is 0.279 e. The maximum atomic E-state index is 13.0. The van der Waals surface area contributed by atoms with Crippen LogP contribution in [0.15, 0.2) is 53.3 Å². The van der Waals surface area contributed by atoms with E-state index in [4.69, 9.17) is 4.74 Å². The largest absolute Gasteiger partial charge is 0.497 e. The summed E-state index contributed by atoms with van der Waals surface area (Å²) in [5.74, 6) is 0.392. The van der Waals surface area contributed by atoms with E-state index in [9.17, 15) is 9.18 Å². The van der Waals surface area contributed by atoms with Gasteiger partial charge in [0, 0.05) is 0 Å². The number of aromatic amines is 1. The lowest BCUT2D eigenvalue weighted by Gasteiger charge is -2.00. The van der Waals surface area contributed by atoms with E-state index in [0.717, 1.165) is 11.3 Å². The minimum atomic E-state index is -0.353. The van der Waals surface area contributed by atoms with Crippen molar-refractivity contribution in [2.75, 3.05) is 7.11 Å². The number of rotatable bonds is 3. The molecule has 3 rings (SSSR count). The van der Waals surface area contributed by atoms with Crippen molar-refractivity contribution in [1.82, 2.24) is 9.78 Å². The molecule has 5 heteroatoms. The van der Waals surface area contributed by atoms with Crippen LogP contribution in [0, 0.1) is 5.82 Å². The molecule has 1 N–H and O–H groups in total. The summed E-state index contributed by atoms with van der Waals surface area (Å²) in [4.78, 5) is 12.5. The van der Waals surface area contributed by atoms with E-state index in [1.54, 1.807) is 13.2 Å². The first-order valence-electron chi connectivity index (χ1n) is 7.00. The predicted molar refractivity (Wildman–Crippen MR) is 87.7 cm³/mol. The van der Waals surface area contributed by atoms with E-state index in [-0.39, 0.29) is 11.4 Å². The fourth-order valence-electron chi connectivity index (χ4n) is 2.28. The molecule has 0 aliphatic heterocycles. The molecule has 0 bridgehead atoms. The number of H-pyrrole nitrogens is 1. The van der Waals surface area contributed by atoms with Crippen LogP contribution in [-0.4, -0.2) is 16.9 Å². The van der Waals surface area contributed by atoms with Crippen molar-refractivity contribution >= 4 is 12.7 Å². The Kier molecular flexibility index (Phi) is 3.85. The van der Waals surface area contributed by atoms with Gasteiger partial charge in [-0.15, -0.1) is 0 Å². The molecule has 0 saturated carbocycles. The number of nitrogens with one attached hydrogen (secondary N) is 1. The van der Waals surface area contributed by atoms with Crippen LogP contribution in [0.25, 0.3) is 18.3 Å². The fraction of sp³-hybridized carbons (Fsp3) is 0.0556. The molecule has 0 radical (unpaired) electrons. The van der Waals surface area contributed by atoms with E-state index in [0.29, 0.717) is 16.3 Å². The van der Waals surface area contributed by atoms with E-state index >= 15 is 0 Å². The highest BCUT2D eigenvalue weighted by molar-refractivity contribution is 5.51. The predicted octanol–water partition coefficient (Wildman–Crippen LogP) is 1.55. The second kappa shape index (κ2) is 5.96. The Morgan fingerprint density at radius 1 is 1.13 bits per heavy atom. The molecule has 0 fully saturated rings. The highest BCUT2D eigenvalue weighted by Gasteiger charge is 2.05. The molecule has 0 saturated heterocycles. The van der Waals surface area contributed by atoms with E-state index in [1.807, 2.05) is 24.3 Å². The van der Waals surface area contributed by atoms with Gasteiger partial charge in [0.1, 0.15) is 11.6 Å². The van der Waals surface area contributed by atoms with Gasteiger partial charge in [0.05, 0.1) is 23.4 Å². The highest BCUT2D eigenvalue weighted by atomic mass is 19.1. The minimum Gasteiger partial charge on any atom is -0.497 e. The van der Waals surface area contributed by atoms with Gasteiger partial charge in [-0.1, -0.05) is 18.7 Å². The lowest BCUT2D eigenvalue weighted by molar-refractivity contribution is 0.415. The zero-order valence-electron chi connectivity index (χ0n) is 12.5. The van der Waals surface area contributed by atoms with E-state index in [1.165, 1.54) is 28.9 Å². The molecule has 0 spiro atoms. The van der Waals surface area contributed by atoms with Crippen molar-refractivity contribution in [3.05, 3.63) is 80.8 Å². The number of methoxy groups -OCH3 is 1. The number of benzene rings is 2. The number of hydrogen-bond acceptors (Lipinski definition) is 2. The summed E-state index contributed by atoms with van der Waals surface area (Å²) >= 11 is 0. The van der Waals surface area contributed by atoms with Gasteiger partial charge in [-0.05, 0) is 48.0 Å². The Morgan fingerprint density at radius 2 is 1.78 bits per heavy atom. The molecule has 0 aliphatic rings. The highest BCUT2D eigenvalue weighted by Crippen LogP contribution is 2.11. The monoisotopic (exact) mass is 310 g/mol. The molecule has 4 nitrogen and oxygen atoms in total. The van der Waals surface area contributed by atoms with Gasteiger partial charge < -0.3 is 4.74 Å². The van der Waals surface area contributed by atoms with Crippen molar-refractivity contribution in [1.29, 1.82) is 0 Å². The summed E-state index contributed by atoms with van der Waals surface area (Å²) < 4.78 is 19.5. The molecular formula is C18H15FN2O2. The third kappa shape index (κ3) is 2.94. The fourth-order valence-corrected chi connectivity index (χ4v) is 2.28. The third-order valence-electron chi connectivity index (χ3n) is 3.52. The van der Waals surface area contributed by atoms with Gasteiger partial charge in [0.2, 0.25) is 0 Å². The lowest BCUT2D eigenvalue weighted by Crippen LogP contribution is -2.33. The van der Waals surface area contributed by atoms with Gasteiger partial charge in [-0.3, -0.25) is 9.89 Å². The molecule has 2 aromatic carbocycles. The maximum Gasteiger partial charge on any atom is 0.279 e. The molecule has 1 aromatic heterocycles. The number of ether oxygens (including phenoxy) is 1. The Morgan fingerprint density at radius 3 is 2.39 bits per heavy atom. The molecule has 0 amide bonds. The first kappa shape index (κ1) is 14.8. The second-order valence-corrected chi connectivity index (χ2v) is 5.04. The summed E-state index contributed by atoms with van der Waals surface area (Å²) in [7, 11) is 1.60. The summed E-state index contributed by atoms with van der Waals surface area (Å²) in [6.07, 6.45) is 1.75. The zero-order valence-corrected chi connectivity index (χ0v) is 12.5. The van der Waals surface area contributed by atoms with Gasteiger partial charge in [0.15, 0.2) is 0 Å². The standard InChI is InChI=1S/C18H15FN2O2/c1-12-17(11-13-3-9-16(23-2)10-4-13)18(22)21(20-12)15-7-5-14(19)6-8-15/h3-11,20H,1H2,2H3/b17-11+. The number of hydrogen-bond donors (Lipinski definition) is 1. The van der Waals surface area contributed by atoms with Crippen molar-refractivity contribution in [3.63, 3.8) is 0 Å². The van der Waals surface area contributed by atoms with Crippen LogP contribution in [0.1, 0.15) is 5.56 Å². The van der Waals surface area contributed by atoms with Crippen LogP contribution in [0.5, 0.6) is 5.75 Å². The molecule has 116 valence electrons. The Labute approximate surface area is 131 Å². The van der Waals surface area contributed by atoms with Crippen LogP contribution in [0.4, 0.5) is 4.39 Å². The first-order valence-corrected chi connectivity index (χ1v) is 7.00. The van der Waals surface area contributed by atoms with E-state index in [2.05, 4.69) is 11.7 Å². The quantitative estimate of drug-likeness (QED) is 0.798. The average Bonchev–Trinajstić information content (AvgIpc) is 2.84. The van der Waals surface area contributed by atoms with Gasteiger partial charge in [-0.2, -0.15) is 0 Å². The normalized spacial score (nSPS) is 11.7. The van der Waals surface area contributed by atoms with Crippen LogP contribution >= 0.6 is 0 Å². The molecule has 23 heavy (non-hydrogen) atoms. The van der Waals surface area contributed by atoms with Gasteiger partial charge in [0.25, 0.3) is 5.56 Å². The van der Waals surface area contributed by atoms with Crippen molar-refractivity contribution in [2.24, 2.45) is 0 Å². The van der Waals surface area contributed by atoms with E-state index < -0.39 is 0 Å². The van der Waals surface area contributed by atoms with Crippen molar-refractivity contribution < 1.29 is 9.13 Å². The first-order chi connectivity index (χ1) is 11.1. The second-order valence-electron chi connectivity index (χ2n) is 5.04. The Bertz CT molecular complexity index is 983. The molecule has 0 atom stereocenters. The summed E-state index contributed by atoms with van der Waals surface area (Å²) in [5, 5.41) is 3.86. The molecular weight excluding hydrogens is 295 g/mol. The van der Waals surface area contributed by atoms with Crippen molar-refractivity contribution in [3.8, 4) is 11.4 Å². The molecule has 3 aromatic rings. The molecule has 1 heterocycles. The lowest BCUT2D eigenvalue weighted by atomic mass is 10.2. The van der Waals surface area contributed by atoms with Crippen molar-refractivity contribution in [2.45, 2.75) is 0 Å². The SMILES string of the molecule is C=c1[nH]n(-c2ccc(F)cc2)c(=O)/c1=C/c1ccc(OC)cc1. The van der Waals surface area contributed by atoms with Crippen LogP contribution in [0.2, 0.25) is 0 Å². The molecule has 0 aliphatic carbocycles. The Balaban J connectivity index is 2.10. The zero-order chi connectivity index (χ0) is 16.4. The number of nitrogens with zero attached hydrogens (tertiary/aromatic N) is 1. The number of aromatic nitrogens is 2. The average molecular weight is 310 g/mol. The number of halogens is 1.